The number of anilines is 1. The van der Waals surface area contributed by atoms with Crippen molar-refractivity contribution in [3.8, 4) is 0 Å². The maximum atomic E-state index is 12.1. The molecule has 25 heavy (non-hydrogen) atoms. The van der Waals surface area contributed by atoms with Gasteiger partial charge in [-0.15, -0.1) is 0 Å². The molecule has 0 atom stereocenters. The number of hydrogen-bond donors (Lipinski definition) is 2. The van der Waals surface area contributed by atoms with E-state index in [0.29, 0.717) is 11.3 Å². The van der Waals surface area contributed by atoms with Crippen LogP contribution in [0.1, 0.15) is 31.8 Å². The van der Waals surface area contributed by atoms with Crippen LogP contribution in [0.5, 0.6) is 0 Å². The summed E-state index contributed by atoms with van der Waals surface area (Å²) in [6.07, 6.45) is 0. The number of amides is 2. The van der Waals surface area contributed by atoms with Crippen molar-refractivity contribution in [3.63, 3.8) is 0 Å². The molecular weight excluding hydrogens is 320 g/mol. The third-order valence-corrected chi connectivity index (χ3v) is 3.79. The third-order valence-electron chi connectivity index (χ3n) is 3.79. The molecule has 0 aliphatic carbocycles. The summed E-state index contributed by atoms with van der Waals surface area (Å²) in [4.78, 5) is 35.9. The summed E-state index contributed by atoms with van der Waals surface area (Å²) < 4.78 is 4.68. The molecule has 0 aromatic heterocycles. The predicted molar refractivity (Wildman–Crippen MR) is 94.7 cm³/mol. The molecule has 0 bridgehead atoms. The van der Waals surface area contributed by atoms with Crippen molar-refractivity contribution in [1.29, 1.82) is 0 Å². The summed E-state index contributed by atoms with van der Waals surface area (Å²) in [5.74, 6) is -1.32. The Morgan fingerprint density at radius 2 is 1.72 bits per heavy atom. The van der Waals surface area contributed by atoms with E-state index in [4.69, 9.17) is 0 Å². The Morgan fingerprint density at radius 3 is 2.40 bits per heavy atom. The van der Waals surface area contributed by atoms with Gasteiger partial charge in [0, 0.05) is 5.56 Å². The van der Waals surface area contributed by atoms with Gasteiger partial charge in [0.2, 0.25) is 5.91 Å². The normalized spacial score (nSPS) is 10.0. The number of nitrogens with one attached hydrogen (secondary N) is 2. The monoisotopic (exact) mass is 340 g/mol. The molecular formula is C19H20N2O4. The number of benzene rings is 2. The average Bonchev–Trinajstić information content (AvgIpc) is 2.61. The quantitative estimate of drug-likeness (QED) is 0.819. The zero-order chi connectivity index (χ0) is 18.4. The number of ether oxygens (including phenoxy) is 1. The first-order valence-corrected chi connectivity index (χ1v) is 7.75. The molecule has 0 heterocycles. The van der Waals surface area contributed by atoms with Gasteiger partial charge in [-0.1, -0.05) is 18.2 Å². The Labute approximate surface area is 146 Å². The van der Waals surface area contributed by atoms with Crippen LogP contribution in [0.4, 0.5) is 5.69 Å². The third kappa shape index (κ3) is 4.67. The van der Waals surface area contributed by atoms with Crippen LogP contribution in [0.2, 0.25) is 0 Å². The first kappa shape index (κ1) is 18.2. The lowest BCUT2D eigenvalue weighted by molar-refractivity contribution is -0.115. The molecule has 0 spiro atoms. The second-order valence-corrected chi connectivity index (χ2v) is 5.57. The molecule has 2 aromatic carbocycles. The molecule has 2 rings (SSSR count). The van der Waals surface area contributed by atoms with Crippen LogP contribution in [0.25, 0.3) is 0 Å². The average molecular weight is 340 g/mol. The minimum atomic E-state index is -0.546. The highest BCUT2D eigenvalue weighted by molar-refractivity contribution is 6.03. The van der Waals surface area contributed by atoms with E-state index in [1.165, 1.54) is 7.11 Å². The number of esters is 1. The summed E-state index contributed by atoms with van der Waals surface area (Å²) in [6.45, 7) is 3.67. The molecule has 6 heteroatoms. The molecule has 0 aliphatic rings. The summed E-state index contributed by atoms with van der Waals surface area (Å²) >= 11 is 0. The van der Waals surface area contributed by atoms with Gasteiger partial charge in [0.25, 0.3) is 5.91 Å². The maximum Gasteiger partial charge on any atom is 0.339 e. The molecule has 2 aromatic rings. The first-order chi connectivity index (χ1) is 11.9. The van der Waals surface area contributed by atoms with Gasteiger partial charge in [-0.25, -0.2) is 4.79 Å². The molecule has 2 amide bonds. The highest BCUT2D eigenvalue weighted by Crippen LogP contribution is 2.15. The summed E-state index contributed by atoms with van der Waals surface area (Å²) in [5, 5.41) is 5.16. The highest BCUT2D eigenvalue weighted by atomic mass is 16.5. The molecule has 0 fully saturated rings. The number of aryl methyl sites for hydroxylation is 2. The van der Waals surface area contributed by atoms with Crippen molar-refractivity contribution >= 4 is 23.5 Å². The van der Waals surface area contributed by atoms with Gasteiger partial charge < -0.3 is 15.4 Å². The maximum absolute atomic E-state index is 12.1. The van der Waals surface area contributed by atoms with Crippen molar-refractivity contribution in [2.45, 2.75) is 13.8 Å². The first-order valence-electron chi connectivity index (χ1n) is 7.75. The number of carbonyl (C=O) groups is 3. The van der Waals surface area contributed by atoms with E-state index in [1.807, 2.05) is 19.9 Å². The second-order valence-electron chi connectivity index (χ2n) is 5.57. The Bertz CT molecular complexity index is 815. The van der Waals surface area contributed by atoms with Gasteiger partial charge in [0.05, 0.1) is 24.9 Å². The van der Waals surface area contributed by atoms with Crippen LogP contribution in [0.15, 0.2) is 42.5 Å². The standard InChI is InChI=1S/C19H20N2O4/c1-12-8-9-14(10-13(12)2)18(23)20-11-17(22)21-16-7-5-4-6-15(16)19(24)25-3/h4-10H,11H2,1-3H3,(H,20,23)(H,21,22). The number of carbonyl (C=O) groups excluding carboxylic acids is 3. The van der Waals surface area contributed by atoms with Crippen molar-refractivity contribution in [2.75, 3.05) is 19.0 Å². The zero-order valence-corrected chi connectivity index (χ0v) is 14.4. The smallest absolute Gasteiger partial charge is 0.339 e. The lowest BCUT2D eigenvalue weighted by Crippen LogP contribution is -2.33. The minimum absolute atomic E-state index is 0.207. The van der Waals surface area contributed by atoms with E-state index >= 15 is 0 Å². The number of hydrogen-bond acceptors (Lipinski definition) is 4. The highest BCUT2D eigenvalue weighted by Gasteiger charge is 2.14. The Balaban J connectivity index is 1.98. The van der Waals surface area contributed by atoms with E-state index in [9.17, 15) is 14.4 Å². The van der Waals surface area contributed by atoms with E-state index in [2.05, 4.69) is 15.4 Å². The largest absolute Gasteiger partial charge is 0.465 e. The summed E-state index contributed by atoms with van der Waals surface area (Å²) in [5.41, 5.74) is 3.17. The fraction of sp³-hybridized carbons (Fsp3) is 0.211. The Morgan fingerprint density at radius 1 is 1.00 bits per heavy atom. The number of rotatable bonds is 5. The van der Waals surface area contributed by atoms with Crippen molar-refractivity contribution in [2.24, 2.45) is 0 Å². The van der Waals surface area contributed by atoms with Crippen LogP contribution < -0.4 is 10.6 Å². The van der Waals surface area contributed by atoms with Crippen molar-refractivity contribution < 1.29 is 19.1 Å². The van der Waals surface area contributed by atoms with Crippen LogP contribution in [-0.4, -0.2) is 31.4 Å². The molecule has 6 nitrogen and oxygen atoms in total. The molecule has 130 valence electrons. The Kier molecular flexibility index (Phi) is 5.89. The Hall–Kier alpha value is -3.15. The van der Waals surface area contributed by atoms with Gasteiger partial charge in [-0.2, -0.15) is 0 Å². The van der Waals surface area contributed by atoms with E-state index in [-0.39, 0.29) is 18.0 Å². The van der Waals surface area contributed by atoms with Gasteiger partial charge in [0.1, 0.15) is 0 Å². The summed E-state index contributed by atoms with van der Waals surface area (Å²) in [7, 11) is 1.27. The zero-order valence-electron chi connectivity index (χ0n) is 14.4. The SMILES string of the molecule is COC(=O)c1ccccc1NC(=O)CNC(=O)c1ccc(C)c(C)c1. The number of methoxy groups -OCH3 is 1. The van der Waals surface area contributed by atoms with Crippen molar-refractivity contribution in [3.05, 3.63) is 64.7 Å². The fourth-order valence-electron chi connectivity index (χ4n) is 2.22. The van der Waals surface area contributed by atoms with Crippen LogP contribution in [0.3, 0.4) is 0 Å². The van der Waals surface area contributed by atoms with Gasteiger partial charge in [0.15, 0.2) is 0 Å². The van der Waals surface area contributed by atoms with Gasteiger partial charge in [-0.05, 0) is 49.2 Å². The molecule has 2 N–H and O–H groups in total. The van der Waals surface area contributed by atoms with Crippen LogP contribution in [-0.2, 0) is 9.53 Å². The van der Waals surface area contributed by atoms with E-state index in [1.54, 1.807) is 36.4 Å². The van der Waals surface area contributed by atoms with E-state index < -0.39 is 11.9 Å². The molecule has 0 saturated carbocycles. The van der Waals surface area contributed by atoms with Gasteiger partial charge >= 0.3 is 5.97 Å². The van der Waals surface area contributed by atoms with Crippen LogP contribution >= 0.6 is 0 Å². The molecule has 0 unspecified atom stereocenters. The second kappa shape index (κ2) is 8.10. The molecule has 0 aliphatic heterocycles. The number of para-hydroxylation sites is 1. The van der Waals surface area contributed by atoms with Crippen molar-refractivity contribution in [1.82, 2.24) is 5.32 Å². The van der Waals surface area contributed by atoms with E-state index in [0.717, 1.165) is 11.1 Å². The minimum Gasteiger partial charge on any atom is -0.465 e. The predicted octanol–water partition coefficient (Wildman–Crippen LogP) is 2.46. The lowest BCUT2D eigenvalue weighted by Gasteiger charge is -2.10. The molecule has 0 radical (unpaired) electrons. The van der Waals surface area contributed by atoms with Crippen LogP contribution in [0, 0.1) is 13.8 Å². The molecule has 0 saturated heterocycles. The topological polar surface area (TPSA) is 84.5 Å². The fourth-order valence-corrected chi connectivity index (χ4v) is 2.22. The summed E-state index contributed by atoms with van der Waals surface area (Å²) in [6, 6.07) is 11.8. The lowest BCUT2D eigenvalue weighted by atomic mass is 10.1. The van der Waals surface area contributed by atoms with Gasteiger partial charge in [-0.3, -0.25) is 9.59 Å².